The first-order valence-corrected chi connectivity index (χ1v) is 11.1. The molecule has 154 valence electrons. The fourth-order valence-electron chi connectivity index (χ4n) is 3.26. The van der Waals surface area contributed by atoms with Crippen molar-refractivity contribution in [2.24, 2.45) is 0 Å². The number of ether oxygens (including phenoxy) is 1. The molecule has 30 heavy (non-hydrogen) atoms. The summed E-state index contributed by atoms with van der Waals surface area (Å²) >= 11 is 4.18. The van der Waals surface area contributed by atoms with Crippen molar-refractivity contribution in [3.05, 3.63) is 69.0 Å². The molecule has 2 saturated heterocycles. The van der Waals surface area contributed by atoms with Gasteiger partial charge in [-0.1, -0.05) is 40.2 Å². The number of amides is 2. The molecule has 2 aliphatic heterocycles. The fraction of sp³-hybridized carbons (Fsp3) is 0.227. The number of carbonyl (C=O) groups excluding carboxylic acids is 3. The van der Waals surface area contributed by atoms with E-state index < -0.39 is 11.1 Å². The molecule has 0 aromatic heterocycles. The second-order valence-electron chi connectivity index (χ2n) is 6.89. The van der Waals surface area contributed by atoms with E-state index >= 15 is 0 Å². The van der Waals surface area contributed by atoms with Gasteiger partial charge in [0.2, 0.25) is 0 Å². The molecule has 2 aromatic rings. The van der Waals surface area contributed by atoms with Gasteiger partial charge in [-0.15, -0.1) is 0 Å². The Morgan fingerprint density at radius 1 is 1.03 bits per heavy atom. The Morgan fingerprint density at radius 2 is 1.70 bits per heavy atom. The fourth-order valence-corrected chi connectivity index (χ4v) is 4.36. The number of halogens is 1. The lowest BCUT2D eigenvalue weighted by atomic mass is 10.1. The minimum absolute atomic E-state index is 0.264. The van der Waals surface area contributed by atoms with E-state index in [1.165, 1.54) is 0 Å². The Labute approximate surface area is 187 Å². The van der Waals surface area contributed by atoms with Gasteiger partial charge in [-0.2, -0.15) is 0 Å². The smallest absolute Gasteiger partial charge is 0.293 e. The lowest BCUT2D eigenvalue weighted by Gasteiger charge is -2.28. The predicted molar refractivity (Wildman–Crippen MR) is 121 cm³/mol. The van der Waals surface area contributed by atoms with Crippen LogP contribution < -0.4 is 4.90 Å². The zero-order valence-electron chi connectivity index (χ0n) is 16.0. The SMILES string of the molecule is O=C(CN1C(=O)S/C(=C/c2ccc(N3CCOCC3)cc2)C1=O)c1ccc(Br)cc1. The maximum absolute atomic E-state index is 12.7. The van der Waals surface area contributed by atoms with Gasteiger partial charge in [-0.25, -0.2) is 0 Å². The molecule has 2 aliphatic rings. The Balaban J connectivity index is 1.44. The van der Waals surface area contributed by atoms with Gasteiger partial charge in [0.15, 0.2) is 5.78 Å². The molecule has 0 radical (unpaired) electrons. The molecule has 0 N–H and O–H groups in total. The van der Waals surface area contributed by atoms with Crippen LogP contribution in [0.3, 0.4) is 0 Å². The number of carbonyl (C=O) groups is 3. The van der Waals surface area contributed by atoms with Crippen LogP contribution in [-0.2, 0) is 9.53 Å². The molecule has 8 heteroatoms. The van der Waals surface area contributed by atoms with Gasteiger partial charge in [0.05, 0.1) is 24.7 Å². The minimum atomic E-state index is -0.437. The van der Waals surface area contributed by atoms with Crippen LogP contribution in [0, 0.1) is 0 Å². The number of rotatable bonds is 5. The summed E-state index contributed by atoms with van der Waals surface area (Å²) in [6.45, 7) is 2.87. The van der Waals surface area contributed by atoms with Gasteiger partial charge in [0.1, 0.15) is 0 Å². The quantitative estimate of drug-likeness (QED) is 0.465. The van der Waals surface area contributed by atoms with E-state index in [0.29, 0.717) is 23.7 Å². The Kier molecular flexibility index (Phi) is 6.36. The van der Waals surface area contributed by atoms with Crippen LogP contribution in [0.15, 0.2) is 57.9 Å². The van der Waals surface area contributed by atoms with Gasteiger partial charge < -0.3 is 9.64 Å². The van der Waals surface area contributed by atoms with Crippen molar-refractivity contribution in [1.82, 2.24) is 4.90 Å². The first kappa shape index (κ1) is 20.8. The molecule has 2 amide bonds. The summed E-state index contributed by atoms with van der Waals surface area (Å²) in [4.78, 5) is 41.0. The van der Waals surface area contributed by atoms with Crippen LogP contribution in [0.5, 0.6) is 0 Å². The molecule has 2 aromatic carbocycles. The number of benzene rings is 2. The lowest BCUT2D eigenvalue weighted by Crippen LogP contribution is -2.36. The van der Waals surface area contributed by atoms with Crippen molar-refractivity contribution in [3.63, 3.8) is 0 Å². The van der Waals surface area contributed by atoms with E-state index in [1.54, 1.807) is 30.3 Å². The summed E-state index contributed by atoms with van der Waals surface area (Å²) in [6, 6.07) is 14.7. The van der Waals surface area contributed by atoms with E-state index in [2.05, 4.69) is 20.8 Å². The Morgan fingerprint density at radius 3 is 2.37 bits per heavy atom. The minimum Gasteiger partial charge on any atom is -0.378 e. The number of Topliss-reactive ketones (excluding diaryl/α,β-unsaturated/α-hetero) is 1. The molecular formula is C22H19BrN2O4S. The van der Waals surface area contributed by atoms with Gasteiger partial charge in [0.25, 0.3) is 11.1 Å². The molecule has 0 bridgehead atoms. The number of imide groups is 1. The first-order chi connectivity index (χ1) is 14.5. The maximum Gasteiger partial charge on any atom is 0.293 e. The summed E-state index contributed by atoms with van der Waals surface area (Å²) in [5.41, 5.74) is 2.39. The molecule has 0 atom stereocenters. The van der Waals surface area contributed by atoms with E-state index in [-0.39, 0.29) is 12.3 Å². The zero-order valence-corrected chi connectivity index (χ0v) is 18.4. The van der Waals surface area contributed by atoms with Gasteiger partial charge >= 0.3 is 0 Å². The molecule has 0 saturated carbocycles. The van der Waals surface area contributed by atoms with E-state index in [1.807, 2.05) is 24.3 Å². The number of hydrogen-bond acceptors (Lipinski definition) is 6. The highest BCUT2D eigenvalue weighted by Crippen LogP contribution is 2.32. The second-order valence-corrected chi connectivity index (χ2v) is 8.80. The lowest BCUT2D eigenvalue weighted by molar-refractivity contribution is -0.122. The van der Waals surface area contributed by atoms with Crippen molar-refractivity contribution in [2.45, 2.75) is 0 Å². The molecule has 0 unspecified atom stereocenters. The predicted octanol–water partition coefficient (Wildman–Crippen LogP) is 4.20. The second kappa shape index (κ2) is 9.16. The third kappa shape index (κ3) is 4.66. The van der Waals surface area contributed by atoms with E-state index in [4.69, 9.17) is 4.74 Å². The normalized spacial score (nSPS) is 18.4. The van der Waals surface area contributed by atoms with Crippen molar-refractivity contribution in [3.8, 4) is 0 Å². The Bertz CT molecular complexity index is 999. The maximum atomic E-state index is 12.7. The number of thioether (sulfide) groups is 1. The van der Waals surface area contributed by atoms with Gasteiger partial charge in [0, 0.05) is 28.8 Å². The highest BCUT2D eigenvalue weighted by molar-refractivity contribution is 9.10. The van der Waals surface area contributed by atoms with Crippen LogP contribution in [0.4, 0.5) is 10.5 Å². The highest BCUT2D eigenvalue weighted by Gasteiger charge is 2.36. The largest absolute Gasteiger partial charge is 0.378 e. The van der Waals surface area contributed by atoms with Crippen molar-refractivity contribution in [1.29, 1.82) is 0 Å². The van der Waals surface area contributed by atoms with Crippen molar-refractivity contribution >= 4 is 56.4 Å². The highest BCUT2D eigenvalue weighted by atomic mass is 79.9. The van der Waals surface area contributed by atoms with Gasteiger partial charge in [-0.05, 0) is 47.7 Å². The molecule has 2 heterocycles. The number of hydrogen-bond donors (Lipinski definition) is 0. The van der Waals surface area contributed by atoms with Crippen LogP contribution in [0.1, 0.15) is 15.9 Å². The number of nitrogens with zero attached hydrogens (tertiary/aromatic N) is 2. The molecule has 6 nitrogen and oxygen atoms in total. The monoisotopic (exact) mass is 486 g/mol. The van der Waals surface area contributed by atoms with Crippen LogP contribution in [0.2, 0.25) is 0 Å². The summed E-state index contributed by atoms with van der Waals surface area (Å²) in [5, 5.41) is -0.429. The average Bonchev–Trinajstić information content (AvgIpc) is 3.02. The van der Waals surface area contributed by atoms with Crippen molar-refractivity contribution < 1.29 is 19.1 Å². The first-order valence-electron chi connectivity index (χ1n) is 9.48. The molecule has 2 fully saturated rings. The molecule has 0 spiro atoms. The van der Waals surface area contributed by atoms with E-state index in [9.17, 15) is 14.4 Å². The van der Waals surface area contributed by atoms with Crippen LogP contribution >= 0.6 is 27.7 Å². The summed E-state index contributed by atoms with van der Waals surface area (Å²) < 4.78 is 6.23. The molecule has 4 rings (SSSR count). The zero-order chi connectivity index (χ0) is 21.1. The number of ketones is 1. The van der Waals surface area contributed by atoms with E-state index in [0.717, 1.165) is 45.5 Å². The number of anilines is 1. The molecular weight excluding hydrogens is 468 g/mol. The van der Waals surface area contributed by atoms with Crippen LogP contribution in [-0.4, -0.2) is 54.7 Å². The topological polar surface area (TPSA) is 66.9 Å². The molecule has 0 aliphatic carbocycles. The standard InChI is InChI=1S/C22H19BrN2O4S/c23-17-5-3-16(4-6-17)19(26)14-25-21(27)20(30-22(25)28)13-15-1-7-18(8-2-15)24-9-11-29-12-10-24/h1-8,13H,9-12,14H2/b20-13+. The third-order valence-corrected chi connectivity index (χ3v) is 6.34. The summed E-state index contributed by atoms with van der Waals surface area (Å²) in [7, 11) is 0. The number of morpholine rings is 1. The van der Waals surface area contributed by atoms with Crippen molar-refractivity contribution in [2.75, 3.05) is 37.7 Å². The average molecular weight is 487 g/mol. The Hall–Kier alpha value is -2.42. The third-order valence-electron chi connectivity index (χ3n) is 4.91. The summed E-state index contributed by atoms with van der Waals surface area (Å²) in [6.07, 6.45) is 1.69. The van der Waals surface area contributed by atoms with Gasteiger partial charge in [-0.3, -0.25) is 19.3 Å². The van der Waals surface area contributed by atoms with Crippen LogP contribution in [0.25, 0.3) is 6.08 Å². The summed E-state index contributed by atoms with van der Waals surface area (Å²) in [5.74, 6) is -0.714.